The maximum atomic E-state index is 11.8. The van der Waals surface area contributed by atoms with Gasteiger partial charge in [-0.3, -0.25) is 4.79 Å². The Labute approximate surface area is 185 Å². The average molecular weight is 428 g/mol. The quantitative estimate of drug-likeness (QED) is 0.153. The number of aliphatic hydroxyl groups is 2. The van der Waals surface area contributed by atoms with Crippen molar-refractivity contribution in [2.24, 2.45) is 0 Å². The average Bonchev–Trinajstić information content (AvgIpc) is 2.74. The van der Waals surface area contributed by atoms with E-state index in [-0.39, 0.29) is 25.7 Å². The number of nitrogens with one attached hydrogen (secondary N) is 1. The van der Waals surface area contributed by atoms with E-state index < -0.39 is 6.10 Å². The fourth-order valence-electron chi connectivity index (χ4n) is 3.38. The number of hydrogen-bond donors (Lipinski definition) is 3. The normalized spacial score (nSPS) is 12.5. The maximum Gasteiger partial charge on any atom is 0.219 e. The molecule has 1 atom stereocenters. The molecule has 30 heavy (non-hydrogen) atoms. The van der Waals surface area contributed by atoms with Crippen LogP contribution in [0.15, 0.2) is 12.2 Å². The summed E-state index contributed by atoms with van der Waals surface area (Å²) in [5.41, 5.74) is 0. The van der Waals surface area contributed by atoms with Gasteiger partial charge < -0.3 is 20.3 Å². The lowest BCUT2D eigenvalue weighted by Crippen LogP contribution is -2.25. The number of rotatable bonds is 23. The standard InChI is InChI=1S/C25H49NO4/c1-2-3-4-5-6-7-8-9-10-11-12-13-14-15-16-19-25(29)26-20-17-18-24(28)23-30-22-21-27/h9-10,24,27-28H,2-8,11-23H2,1H3,(H,26,29)/b10-9-. The van der Waals surface area contributed by atoms with Crippen LogP contribution in [0.2, 0.25) is 0 Å². The summed E-state index contributed by atoms with van der Waals surface area (Å²) < 4.78 is 5.07. The highest BCUT2D eigenvalue weighted by atomic mass is 16.5. The Bertz CT molecular complexity index is 387. The summed E-state index contributed by atoms with van der Waals surface area (Å²) in [5, 5.41) is 21.2. The molecule has 0 saturated heterocycles. The van der Waals surface area contributed by atoms with E-state index in [9.17, 15) is 9.90 Å². The SMILES string of the molecule is CCCCCCCC/C=C\CCCCCCCC(=O)NCCCC(O)COCCO. The fraction of sp³-hybridized carbons (Fsp3) is 0.880. The van der Waals surface area contributed by atoms with E-state index in [0.717, 1.165) is 19.3 Å². The largest absolute Gasteiger partial charge is 0.394 e. The Hall–Kier alpha value is -0.910. The minimum Gasteiger partial charge on any atom is -0.394 e. The molecule has 1 amide bonds. The van der Waals surface area contributed by atoms with Crippen LogP contribution in [0.4, 0.5) is 0 Å². The molecule has 0 bridgehead atoms. The molecule has 0 rings (SSSR count). The van der Waals surface area contributed by atoms with Gasteiger partial charge in [-0.15, -0.1) is 0 Å². The second-order valence-corrected chi connectivity index (χ2v) is 8.28. The Morgan fingerprint density at radius 1 is 0.900 bits per heavy atom. The number of ether oxygens (including phenoxy) is 1. The maximum absolute atomic E-state index is 11.8. The first kappa shape index (κ1) is 29.1. The number of allylic oxidation sites excluding steroid dienone is 2. The highest BCUT2D eigenvalue weighted by Gasteiger charge is 2.05. The zero-order valence-corrected chi connectivity index (χ0v) is 19.6. The highest BCUT2D eigenvalue weighted by molar-refractivity contribution is 5.75. The topological polar surface area (TPSA) is 78.8 Å². The molecule has 0 fully saturated rings. The number of aliphatic hydroxyl groups excluding tert-OH is 2. The lowest BCUT2D eigenvalue weighted by atomic mass is 10.1. The van der Waals surface area contributed by atoms with Crippen molar-refractivity contribution in [3.8, 4) is 0 Å². The van der Waals surface area contributed by atoms with Crippen LogP contribution < -0.4 is 5.32 Å². The van der Waals surface area contributed by atoms with E-state index >= 15 is 0 Å². The first-order chi connectivity index (χ1) is 14.7. The smallest absolute Gasteiger partial charge is 0.219 e. The van der Waals surface area contributed by atoms with E-state index in [1.807, 2.05) is 0 Å². The van der Waals surface area contributed by atoms with Crippen LogP contribution in [0.3, 0.4) is 0 Å². The third kappa shape index (κ3) is 23.4. The van der Waals surface area contributed by atoms with E-state index in [4.69, 9.17) is 9.84 Å². The third-order valence-corrected chi connectivity index (χ3v) is 5.25. The van der Waals surface area contributed by atoms with Gasteiger partial charge >= 0.3 is 0 Å². The summed E-state index contributed by atoms with van der Waals surface area (Å²) >= 11 is 0. The molecule has 0 aromatic carbocycles. The molecule has 0 radical (unpaired) electrons. The van der Waals surface area contributed by atoms with Crippen molar-refractivity contribution >= 4 is 5.91 Å². The van der Waals surface area contributed by atoms with Crippen molar-refractivity contribution < 1.29 is 19.7 Å². The van der Waals surface area contributed by atoms with Gasteiger partial charge in [-0.25, -0.2) is 0 Å². The van der Waals surface area contributed by atoms with Crippen LogP contribution >= 0.6 is 0 Å². The minimum atomic E-state index is -0.529. The molecule has 178 valence electrons. The molecule has 0 aliphatic heterocycles. The van der Waals surface area contributed by atoms with Gasteiger partial charge in [0.2, 0.25) is 5.91 Å². The Morgan fingerprint density at radius 3 is 2.13 bits per heavy atom. The van der Waals surface area contributed by atoms with Crippen molar-refractivity contribution in [2.75, 3.05) is 26.4 Å². The zero-order valence-electron chi connectivity index (χ0n) is 19.6. The third-order valence-electron chi connectivity index (χ3n) is 5.25. The van der Waals surface area contributed by atoms with Crippen LogP contribution in [0.1, 0.15) is 110 Å². The molecule has 0 aliphatic carbocycles. The summed E-state index contributed by atoms with van der Waals surface area (Å²) in [6.45, 7) is 3.32. The molecule has 1 unspecified atom stereocenters. The summed E-state index contributed by atoms with van der Waals surface area (Å²) in [7, 11) is 0. The van der Waals surface area contributed by atoms with E-state index in [2.05, 4.69) is 24.4 Å². The number of unbranched alkanes of at least 4 members (excludes halogenated alkanes) is 11. The molecule has 5 nitrogen and oxygen atoms in total. The summed E-state index contributed by atoms with van der Waals surface area (Å²) in [6, 6.07) is 0. The first-order valence-electron chi connectivity index (χ1n) is 12.5. The summed E-state index contributed by atoms with van der Waals surface area (Å²) in [4.78, 5) is 11.8. The number of amides is 1. The molecule has 0 aromatic rings. The van der Waals surface area contributed by atoms with Crippen molar-refractivity contribution in [3.63, 3.8) is 0 Å². The molecular weight excluding hydrogens is 378 g/mol. The minimum absolute atomic E-state index is 0.0286. The lowest BCUT2D eigenvalue weighted by molar-refractivity contribution is -0.121. The highest BCUT2D eigenvalue weighted by Crippen LogP contribution is 2.10. The van der Waals surface area contributed by atoms with Crippen LogP contribution in [0.5, 0.6) is 0 Å². The van der Waals surface area contributed by atoms with Gasteiger partial charge in [0, 0.05) is 13.0 Å². The van der Waals surface area contributed by atoms with Gasteiger partial charge in [0.15, 0.2) is 0 Å². The predicted octanol–water partition coefficient (Wildman–Crippen LogP) is 5.29. The summed E-state index contributed by atoms with van der Waals surface area (Å²) in [5.74, 6) is 0.110. The van der Waals surface area contributed by atoms with Crippen molar-refractivity contribution in [3.05, 3.63) is 12.2 Å². The fourth-order valence-corrected chi connectivity index (χ4v) is 3.38. The van der Waals surface area contributed by atoms with Gasteiger partial charge in [0.25, 0.3) is 0 Å². The van der Waals surface area contributed by atoms with Crippen molar-refractivity contribution in [1.82, 2.24) is 5.32 Å². The molecule has 0 heterocycles. The lowest BCUT2D eigenvalue weighted by Gasteiger charge is -2.11. The Balaban J connectivity index is 3.28. The molecule has 3 N–H and O–H groups in total. The van der Waals surface area contributed by atoms with Crippen LogP contribution in [-0.2, 0) is 9.53 Å². The molecule has 0 aromatic heterocycles. The van der Waals surface area contributed by atoms with Gasteiger partial charge in [-0.2, -0.15) is 0 Å². The Morgan fingerprint density at radius 2 is 1.50 bits per heavy atom. The first-order valence-corrected chi connectivity index (χ1v) is 12.5. The number of carbonyl (C=O) groups excluding carboxylic acids is 1. The molecule has 0 spiro atoms. The van der Waals surface area contributed by atoms with Gasteiger partial charge in [0.05, 0.1) is 25.9 Å². The van der Waals surface area contributed by atoms with Gasteiger partial charge in [-0.05, 0) is 44.9 Å². The van der Waals surface area contributed by atoms with Crippen LogP contribution in [0, 0.1) is 0 Å². The van der Waals surface area contributed by atoms with E-state index in [1.54, 1.807) is 0 Å². The van der Waals surface area contributed by atoms with Crippen molar-refractivity contribution in [1.29, 1.82) is 0 Å². The molecule has 5 heteroatoms. The Kier molecular flexibility index (Phi) is 23.6. The van der Waals surface area contributed by atoms with Gasteiger partial charge in [-0.1, -0.05) is 70.4 Å². The van der Waals surface area contributed by atoms with Crippen LogP contribution in [0.25, 0.3) is 0 Å². The second kappa shape index (κ2) is 24.4. The second-order valence-electron chi connectivity index (χ2n) is 8.28. The predicted molar refractivity (Wildman–Crippen MR) is 126 cm³/mol. The van der Waals surface area contributed by atoms with Crippen LogP contribution in [-0.4, -0.2) is 48.6 Å². The monoisotopic (exact) mass is 427 g/mol. The zero-order chi connectivity index (χ0) is 22.1. The van der Waals surface area contributed by atoms with Crippen molar-refractivity contribution in [2.45, 2.75) is 116 Å². The van der Waals surface area contributed by atoms with Gasteiger partial charge in [0.1, 0.15) is 0 Å². The molecule has 0 saturated carbocycles. The number of carbonyl (C=O) groups is 1. The summed E-state index contributed by atoms with van der Waals surface area (Å²) in [6.07, 6.45) is 22.5. The van der Waals surface area contributed by atoms with E-state index in [0.29, 0.717) is 19.4 Å². The number of hydrogen-bond acceptors (Lipinski definition) is 4. The van der Waals surface area contributed by atoms with E-state index in [1.165, 1.54) is 70.6 Å². The molecule has 0 aliphatic rings. The molecular formula is C25H49NO4.